The largest absolute Gasteiger partial charge is 0.147 e. The zero-order valence-corrected chi connectivity index (χ0v) is 15.6. The Morgan fingerprint density at radius 2 is 1.45 bits per heavy atom. The summed E-state index contributed by atoms with van der Waals surface area (Å²) < 4.78 is 0. The van der Waals surface area contributed by atoms with Crippen molar-refractivity contribution in [3.8, 4) is 0 Å². The molecule has 0 saturated carbocycles. The SMILES string of the molecule is CCc1ccsc1C(Br)c1c(C)c(C)c(C)c(C)c1C. The Kier molecular flexibility index (Phi) is 4.76. The van der Waals surface area contributed by atoms with Gasteiger partial charge >= 0.3 is 0 Å². The molecule has 2 aromatic rings. The Labute approximate surface area is 135 Å². The number of aryl methyl sites for hydroxylation is 1. The van der Waals surface area contributed by atoms with Crippen molar-refractivity contribution in [2.75, 3.05) is 0 Å². The standard InChI is InChI=1S/C18H23BrS/c1-7-15-8-9-20-18(15)17(19)16-13(5)11(3)10(2)12(4)14(16)6/h8-9,17H,7H2,1-6H3. The van der Waals surface area contributed by atoms with E-state index in [1.165, 1.54) is 43.8 Å². The fourth-order valence-electron chi connectivity index (χ4n) is 2.90. The van der Waals surface area contributed by atoms with Crippen molar-refractivity contribution in [2.45, 2.75) is 52.8 Å². The van der Waals surface area contributed by atoms with E-state index in [1.54, 1.807) is 0 Å². The molecule has 20 heavy (non-hydrogen) atoms. The van der Waals surface area contributed by atoms with Gasteiger partial charge in [0.25, 0.3) is 0 Å². The van der Waals surface area contributed by atoms with Crippen LogP contribution < -0.4 is 0 Å². The van der Waals surface area contributed by atoms with E-state index >= 15 is 0 Å². The highest BCUT2D eigenvalue weighted by Gasteiger charge is 2.22. The van der Waals surface area contributed by atoms with Crippen LogP contribution >= 0.6 is 27.3 Å². The third-order valence-corrected chi connectivity index (χ3v) is 6.95. The van der Waals surface area contributed by atoms with Crippen LogP contribution in [0, 0.1) is 34.6 Å². The molecule has 0 spiro atoms. The molecule has 0 bridgehead atoms. The second kappa shape index (κ2) is 6.03. The van der Waals surface area contributed by atoms with E-state index < -0.39 is 0 Å². The molecular formula is C18H23BrS. The molecule has 0 saturated heterocycles. The summed E-state index contributed by atoms with van der Waals surface area (Å²) in [6.07, 6.45) is 1.10. The van der Waals surface area contributed by atoms with Crippen LogP contribution in [0.2, 0.25) is 0 Å². The van der Waals surface area contributed by atoms with E-state index in [0.29, 0.717) is 4.83 Å². The zero-order valence-electron chi connectivity index (χ0n) is 13.2. The van der Waals surface area contributed by atoms with Gasteiger partial charge in [0.2, 0.25) is 0 Å². The van der Waals surface area contributed by atoms with E-state index in [1.807, 2.05) is 11.3 Å². The van der Waals surface area contributed by atoms with Crippen LogP contribution in [0.15, 0.2) is 11.4 Å². The molecule has 1 aromatic carbocycles. The number of hydrogen-bond acceptors (Lipinski definition) is 1. The number of alkyl halides is 1. The molecule has 1 unspecified atom stereocenters. The summed E-state index contributed by atoms with van der Waals surface area (Å²) in [5.41, 5.74) is 10.1. The van der Waals surface area contributed by atoms with Crippen LogP contribution in [0.25, 0.3) is 0 Å². The third kappa shape index (κ3) is 2.48. The van der Waals surface area contributed by atoms with Gasteiger partial charge in [-0.2, -0.15) is 0 Å². The number of thiophene rings is 1. The smallest absolute Gasteiger partial charge is 0.0746 e. The predicted molar refractivity (Wildman–Crippen MR) is 94.6 cm³/mol. The van der Waals surface area contributed by atoms with Crippen LogP contribution in [-0.2, 0) is 6.42 Å². The van der Waals surface area contributed by atoms with Crippen molar-refractivity contribution in [1.29, 1.82) is 0 Å². The first-order chi connectivity index (χ1) is 9.40. The lowest BCUT2D eigenvalue weighted by atomic mass is 9.87. The summed E-state index contributed by atoms with van der Waals surface area (Å²) >= 11 is 5.83. The molecule has 1 atom stereocenters. The summed E-state index contributed by atoms with van der Waals surface area (Å²) in [7, 11) is 0. The van der Waals surface area contributed by atoms with Crippen molar-refractivity contribution in [1.82, 2.24) is 0 Å². The lowest BCUT2D eigenvalue weighted by Gasteiger charge is -2.22. The van der Waals surface area contributed by atoms with Gasteiger partial charge in [-0.1, -0.05) is 22.9 Å². The highest BCUT2D eigenvalue weighted by atomic mass is 79.9. The highest BCUT2D eigenvalue weighted by molar-refractivity contribution is 9.09. The lowest BCUT2D eigenvalue weighted by molar-refractivity contribution is 1.04. The van der Waals surface area contributed by atoms with Gasteiger partial charge in [0.15, 0.2) is 0 Å². The van der Waals surface area contributed by atoms with Gasteiger partial charge in [-0.3, -0.25) is 0 Å². The number of benzene rings is 1. The monoisotopic (exact) mass is 350 g/mol. The van der Waals surface area contributed by atoms with E-state index in [2.05, 4.69) is 68.9 Å². The van der Waals surface area contributed by atoms with E-state index in [0.717, 1.165) is 6.42 Å². The van der Waals surface area contributed by atoms with Crippen LogP contribution in [0.4, 0.5) is 0 Å². The molecule has 1 heterocycles. The average molecular weight is 351 g/mol. The quantitative estimate of drug-likeness (QED) is 0.566. The fourth-order valence-corrected chi connectivity index (χ4v) is 5.19. The topological polar surface area (TPSA) is 0 Å². The maximum absolute atomic E-state index is 3.97. The normalized spacial score (nSPS) is 12.8. The molecule has 0 nitrogen and oxygen atoms in total. The molecule has 0 aliphatic heterocycles. The molecule has 0 fully saturated rings. The van der Waals surface area contributed by atoms with Gasteiger partial charge in [0, 0.05) is 4.88 Å². The minimum atomic E-state index is 0.315. The Bertz CT molecular complexity index is 608. The van der Waals surface area contributed by atoms with Gasteiger partial charge in [0.05, 0.1) is 4.83 Å². The molecular weight excluding hydrogens is 328 g/mol. The van der Waals surface area contributed by atoms with Crippen molar-refractivity contribution in [2.24, 2.45) is 0 Å². The molecule has 0 aliphatic rings. The molecule has 2 heteroatoms. The van der Waals surface area contributed by atoms with Crippen molar-refractivity contribution >= 4 is 27.3 Å². The Morgan fingerprint density at radius 3 is 1.95 bits per heavy atom. The summed E-state index contributed by atoms with van der Waals surface area (Å²) in [6, 6.07) is 2.26. The second-order valence-corrected chi connectivity index (χ2v) is 7.43. The van der Waals surface area contributed by atoms with Gasteiger partial charge in [0.1, 0.15) is 0 Å². The summed E-state index contributed by atoms with van der Waals surface area (Å²) in [4.78, 5) is 1.77. The Balaban J connectivity index is 2.64. The minimum absolute atomic E-state index is 0.315. The maximum atomic E-state index is 3.97. The zero-order chi connectivity index (χ0) is 15.0. The summed E-state index contributed by atoms with van der Waals surface area (Å²) in [6.45, 7) is 13.5. The molecule has 0 radical (unpaired) electrons. The van der Waals surface area contributed by atoms with Gasteiger partial charge in [-0.05, 0) is 91.4 Å². The van der Waals surface area contributed by atoms with Crippen LogP contribution in [0.5, 0.6) is 0 Å². The molecule has 108 valence electrons. The summed E-state index contributed by atoms with van der Waals surface area (Å²) in [5.74, 6) is 0. The average Bonchev–Trinajstić information content (AvgIpc) is 2.91. The van der Waals surface area contributed by atoms with Crippen molar-refractivity contribution in [3.05, 3.63) is 55.3 Å². The van der Waals surface area contributed by atoms with Crippen LogP contribution in [0.3, 0.4) is 0 Å². The maximum Gasteiger partial charge on any atom is 0.0746 e. The number of hydrogen-bond donors (Lipinski definition) is 0. The third-order valence-electron chi connectivity index (χ3n) is 4.70. The first-order valence-corrected chi connectivity index (χ1v) is 8.96. The molecule has 0 amide bonds. The minimum Gasteiger partial charge on any atom is -0.147 e. The first kappa shape index (κ1) is 15.8. The van der Waals surface area contributed by atoms with E-state index in [9.17, 15) is 0 Å². The van der Waals surface area contributed by atoms with Gasteiger partial charge in [-0.15, -0.1) is 11.3 Å². The van der Waals surface area contributed by atoms with E-state index in [4.69, 9.17) is 0 Å². The number of rotatable bonds is 3. The summed E-state index contributed by atoms with van der Waals surface area (Å²) in [5, 5.41) is 2.21. The van der Waals surface area contributed by atoms with Gasteiger partial charge < -0.3 is 0 Å². The molecule has 1 aromatic heterocycles. The Morgan fingerprint density at radius 1 is 0.950 bits per heavy atom. The van der Waals surface area contributed by atoms with Gasteiger partial charge in [-0.25, -0.2) is 0 Å². The predicted octanol–water partition coefficient (Wildman–Crippen LogP) is 6.34. The highest BCUT2D eigenvalue weighted by Crippen LogP contribution is 2.42. The second-order valence-electron chi connectivity index (χ2n) is 5.56. The number of halogens is 1. The molecule has 0 aliphatic carbocycles. The van der Waals surface area contributed by atoms with Crippen molar-refractivity contribution < 1.29 is 0 Å². The van der Waals surface area contributed by atoms with Crippen molar-refractivity contribution in [3.63, 3.8) is 0 Å². The Hall–Kier alpha value is -0.600. The lowest BCUT2D eigenvalue weighted by Crippen LogP contribution is -2.06. The molecule has 2 rings (SSSR count). The molecule has 0 N–H and O–H groups in total. The van der Waals surface area contributed by atoms with E-state index in [-0.39, 0.29) is 0 Å². The first-order valence-electron chi connectivity index (χ1n) is 7.17. The van der Waals surface area contributed by atoms with Crippen LogP contribution in [-0.4, -0.2) is 0 Å². The van der Waals surface area contributed by atoms with Crippen LogP contribution in [0.1, 0.15) is 55.6 Å². The fraction of sp³-hybridized carbons (Fsp3) is 0.444.